The van der Waals surface area contributed by atoms with Crippen molar-refractivity contribution in [1.82, 2.24) is 5.32 Å². The van der Waals surface area contributed by atoms with Gasteiger partial charge in [-0.3, -0.25) is 9.59 Å². The molecular weight excluding hydrogens is 376 g/mol. The van der Waals surface area contributed by atoms with Crippen LogP contribution in [0.25, 0.3) is 0 Å². The molecule has 2 aromatic rings. The van der Waals surface area contributed by atoms with Gasteiger partial charge in [0.05, 0.1) is 23.9 Å². The zero-order valence-corrected chi connectivity index (χ0v) is 17.0. The van der Waals surface area contributed by atoms with Gasteiger partial charge in [0.15, 0.2) is 0 Å². The summed E-state index contributed by atoms with van der Waals surface area (Å²) < 4.78 is 5.95. The third kappa shape index (κ3) is 4.30. The lowest BCUT2D eigenvalue weighted by Crippen LogP contribution is -2.36. The van der Waals surface area contributed by atoms with Crippen LogP contribution in [0.15, 0.2) is 42.5 Å². The number of rotatable bonds is 8. The van der Waals surface area contributed by atoms with Crippen LogP contribution in [0.3, 0.4) is 0 Å². The molecule has 0 aliphatic carbocycles. The van der Waals surface area contributed by atoms with E-state index in [4.69, 9.17) is 16.3 Å². The van der Waals surface area contributed by atoms with E-state index in [0.717, 1.165) is 30.6 Å². The summed E-state index contributed by atoms with van der Waals surface area (Å²) in [5.74, 6) is 0.313. The summed E-state index contributed by atoms with van der Waals surface area (Å²) in [7, 11) is 0. The Bertz CT molecular complexity index is 869. The van der Waals surface area contributed by atoms with E-state index < -0.39 is 6.04 Å². The number of amides is 2. The maximum absolute atomic E-state index is 13.1. The number of anilines is 1. The summed E-state index contributed by atoms with van der Waals surface area (Å²) in [5, 5.41) is 3.22. The Labute approximate surface area is 170 Å². The van der Waals surface area contributed by atoms with Gasteiger partial charge in [0.25, 0.3) is 5.91 Å². The average molecular weight is 401 g/mol. The fraction of sp³-hybridized carbons (Fsp3) is 0.364. The lowest BCUT2D eigenvalue weighted by atomic mass is 10.1. The van der Waals surface area contributed by atoms with E-state index in [0.29, 0.717) is 29.4 Å². The van der Waals surface area contributed by atoms with Crippen molar-refractivity contribution in [1.29, 1.82) is 0 Å². The summed E-state index contributed by atoms with van der Waals surface area (Å²) in [5.41, 5.74) is 2.27. The smallest absolute Gasteiger partial charge is 0.254 e. The number of halogens is 1. The zero-order valence-electron chi connectivity index (χ0n) is 16.2. The molecule has 3 rings (SSSR count). The van der Waals surface area contributed by atoms with Crippen molar-refractivity contribution in [2.45, 2.75) is 45.7 Å². The molecule has 1 N–H and O–H groups in total. The van der Waals surface area contributed by atoms with Gasteiger partial charge in [-0.2, -0.15) is 0 Å². The number of hydrogen-bond donors (Lipinski definition) is 1. The third-order valence-corrected chi connectivity index (χ3v) is 5.07. The molecule has 148 valence electrons. The lowest BCUT2D eigenvalue weighted by molar-refractivity contribution is -0.126. The summed E-state index contributed by atoms with van der Waals surface area (Å²) in [4.78, 5) is 26.3. The number of carbonyl (C=O) groups excluding carboxylic acids is 2. The Balaban J connectivity index is 1.87. The van der Waals surface area contributed by atoms with E-state index in [-0.39, 0.29) is 11.8 Å². The quantitative estimate of drug-likeness (QED) is 0.657. The molecule has 0 spiro atoms. The zero-order chi connectivity index (χ0) is 20.1. The molecule has 0 aromatic heterocycles. The Kier molecular flexibility index (Phi) is 6.57. The van der Waals surface area contributed by atoms with Gasteiger partial charge in [0.1, 0.15) is 11.8 Å². The minimum atomic E-state index is -0.719. The SMILES string of the molecule is CCCCCOc1ccccc1CN1C(=O)[C@H](NC(C)=O)c2cccc(Cl)c21. The van der Waals surface area contributed by atoms with Crippen molar-refractivity contribution in [3.63, 3.8) is 0 Å². The van der Waals surface area contributed by atoms with Crippen molar-refractivity contribution < 1.29 is 14.3 Å². The molecule has 1 aliphatic rings. The predicted molar refractivity (Wildman–Crippen MR) is 111 cm³/mol. The summed E-state index contributed by atoms with van der Waals surface area (Å²) in [6, 6.07) is 12.4. The van der Waals surface area contributed by atoms with Crippen molar-refractivity contribution in [2.24, 2.45) is 0 Å². The Morgan fingerprint density at radius 3 is 2.71 bits per heavy atom. The third-order valence-electron chi connectivity index (χ3n) is 4.77. The number of para-hydroxylation sites is 2. The standard InChI is InChI=1S/C22H25ClN2O3/c1-3-4-7-13-28-19-12-6-5-9-16(19)14-25-21-17(10-8-11-18(21)23)20(22(25)27)24-15(2)26/h5-6,8-12,20H,3-4,7,13-14H2,1-2H3,(H,24,26)/t20-/m1/s1. The van der Waals surface area contributed by atoms with Gasteiger partial charge >= 0.3 is 0 Å². The highest BCUT2D eigenvalue weighted by atomic mass is 35.5. The van der Waals surface area contributed by atoms with Gasteiger partial charge in [-0.15, -0.1) is 0 Å². The highest BCUT2D eigenvalue weighted by Gasteiger charge is 2.39. The Hall–Kier alpha value is -2.53. The fourth-order valence-corrected chi connectivity index (χ4v) is 3.71. The van der Waals surface area contributed by atoms with E-state index in [1.54, 1.807) is 17.0 Å². The number of ether oxygens (including phenoxy) is 1. The van der Waals surface area contributed by atoms with Gasteiger partial charge in [-0.05, 0) is 18.6 Å². The number of nitrogens with one attached hydrogen (secondary N) is 1. The number of benzene rings is 2. The maximum atomic E-state index is 13.1. The van der Waals surface area contributed by atoms with Crippen LogP contribution in [0, 0.1) is 0 Å². The minimum absolute atomic E-state index is 0.195. The molecule has 2 aromatic carbocycles. The minimum Gasteiger partial charge on any atom is -0.493 e. The molecule has 28 heavy (non-hydrogen) atoms. The first kappa shape index (κ1) is 20.2. The first-order chi connectivity index (χ1) is 13.5. The molecular formula is C22H25ClN2O3. The second-order valence-corrected chi connectivity index (χ2v) is 7.31. The normalized spacial score (nSPS) is 15.5. The van der Waals surface area contributed by atoms with E-state index in [1.807, 2.05) is 30.3 Å². The maximum Gasteiger partial charge on any atom is 0.254 e. The molecule has 0 bridgehead atoms. The lowest BCUT2D eigenvalue weighted by Gasteiger charge is -2.21. The predicted octanol–water partition coefficient (Wildman–Crippen LogP) is 4.63. The molecule has 5 nitrogen and oxygen atoms in total. The van der Waals surface area contributed by atoms with Gasteiger partial charge in [-0.1, -0.05) is 61.7 Å². The molecule has 1 aliphatic heterocycles. The van der Waals surface area contributed by atoms with Crippen LogP contribution >= 0.6 is 11.6 Å². The van der Waals surface area contributed by atoms with E-state index in [9.17, 15) is 9.59 Å². The largest absolute Gasteiger partial charge is 0.493 e. The fourth-order valence-electron chi connectivity index (χ4n) is 3.43. The molecule has 6 heteroatoms. The molecule has 0 saturated carbocycles. The summed E-state index contributed by atoms with van der Waals surface area (Å²) >= 11 is 6.42. The monoisotopic (exact) mass is 400 g/mol. The highest BCUT2D eigenvalue weighted by molar-refractivity contribution is 6.34. The van der Waals surface area contributed by atoms with Crippen LogP contribution in [-0.2, 0) is 16.1 Å². The van der Waals surface area contributed by atoms with Crippen molar-refractivity contribution >= 4 is 29.1 Å². The van der Waals surface area contributed by atoms with Crippen LogP contribution < -0.4 is 15.0 Å². The Morgan fingerprint density at radius 1 is 1.18 bits per heavy atom. The van der Waals surface area contributed by atoms with Gasteiger partial charge in [0.2, 0.25) is 5.91 Å². The molecule has 1 heterocycles. The first-order valence-electron chi connectivity index (χ1n) is 9.60. The van der Waals surface area contributed by atoms with Crippen LogP contribution in [0.2, 0.25) is 5.02 Å². The topological polar surface area (TPSA) is 58.6 Å². The van der Waals surface area contributed by atoms with Gasteiger partial charge in [-0.25, -0.2) is 0 Å². The molecule has 0 unspecified atom stereocenters. The van der Waals surface area contributed by atoms with Gasteiger partial charge in [0, 0.05) is 18.1 Å². The number of unbranched alkanes of at least 4 members (excludes halogenated alkanes) is 2. The first-order valence-corrected chi connectivity index (χ1v) is 9.98. The molecule has 0 fully saturated rings. The van der Waals surface area contributed by atoms with Crippen molar-refractivity contribution in [3.05, 3.63) is 58.6 Å². The summed E-state index contributed by atoms with van der Waals surface area (Å²) in [6.07, 6.45) is 3.24. The highest BCUT2D eigenvalue weighted by Crippen LogP contribution is 2.42. The van der Waals surface area contributed by atoms with Crippen LogP contribution in [0.1, 0.15) is 50.3 Å². The van der Waals surface area contributed by atoms with Crippen molar-refractivity contribution in [3.8, 4) is 5.75 Å². The van der Waals surface area contributed by atoms with Crippen LogP contribution in [0.4, 0.5) is 5.69 Å². The molecule has 0 radical (unpaired) electrons. The van der Waals surface area contributed by atoms with E-state index in [1.165, 1.54) is 6.92 Å². The molecule has 0 saturated heterocycles. The number of fused-ring (bicyclic) bond motifs is 1. The molecule has 1 atom stereocenters. The van der Waals surface area contributed by atoms with Crippen LogP contribution in [0.5, 0.6) is 5.75 Å². The summed E-state index contributed by atoms with van der Waals surface area (Å²) in [6.45, 7) is 4.53. The second-order valence-electron chi connectivity index (χ2n) is 6.90. The van der Waals surface area contributed by atoms with Crippen LogP contribution in [-0.4, -0.2) is 18.4 Å². The number of nitrogens with zero attached hydrogens (tertiary/aromatic N) is 1. The van der Waals surface area contributed by atoms with E-state index >= 15 is 0 Å². The number of hydrogen-bond acceptors (Lipinski definition) is 3. The number of carbonyl (C=O) groups is 2. The Morgan fingerprint density at radius 2 is 1.96 bits per heavy atom. The molecule has 2 amide bonds. The van der Waals surface area contributed by atoms with Gasteiger partial charge < -0.3 is 15.0 Å². The van der Waals surface area contributed by atoms with E-state index in [2.05, 4.69) is 12.2 Å². The second kappa shape index (κ2) is 9.11. The van der Waals surface area contributed by atoms with Crippen molar-refractivity contribution in [2.75, 3.05) is 11.5 Å². The average Bonchev–Trinajstić information content (AvgIpc) is 2.93.